The normalized spacial score (nSPS) is 10.2. The predicted molar refractivity (Wildman–Crippen MR) is 134 cm³/mol. The maximum atomic E-state index is 13.9. The topological polar surface area (TPSA) is 83.1 Å². The molecule has 0 aromatic heterocycles. The molecule has 0 radical (unpaired) electrons. The second kappa shape index (κ2) is 11.5. The second-order valence-corrected chi connectivity index (χ2v) is 7.69. The van der Waals surface area contributed by atoms with Crippen molar-refractivity contribution < 1.29 is 27.9 Å². The van der Waals surface area contributed by atoms with Gasteiger partial charge >= 0.3 is 12.2 Å². The van der Waals surface area contributed by atoms with Gasteiger partial charge in [-0.25, -0.2) is 28.8 Å². The number of anilines is 3. The van der Waals surface area contributed by atoms with Crippen LogP contribution in [-0.2, 0) is 4.84 Å². The molecule has 0 fully saturated rings. The van der Waals surface area contributed by atoms with Crippen LogP contribution in [0, 0.1) is 18.6 Å². The Morgan fingerprint density at radius 2 is 1.41 bits per heavy atom. The Hall–Kier alpha value is -5.12. The summed E-state index contributed by atoms with van der Waals surface area (Å²) in [6.07, 6.45) is -2.26. The molecule has 188 valence electrons. The number of benzene rings is 4. The number of rotatable bonds is 6. The van der Waals surface area contributed by atoms with Crippen molar-refractivity contribution in [3.63, 3.8) is 0 Å². The number of para-hydroxylation sites is 2. The molecule has 0 spiro atoms. The number of hydrazine groups is 2. The zero-order chi connectivity index (χ0) is 26.2. The summed E-state index contributed by atoms with van der Waals surface area (Å²) in [5.41, 5.74) is 5.89. The average molecular weight is 504 g/mol. The molecule has 0 saturated carbocycles. The predicted octanol–water partition coefficient (Wildman–Crippen LogP) is 6.50. The molecule has 0 unspecified atom stereocenters. The van der Waals surface area contributed by atoms with Gasteiger partial charge in [0.05, 0.1) is 17.1 Å². The van der Waals surface area contributed by atoms with Gasteiger partial charge in [0.15, 0.2) is 0 Å². The smallest absolute Gasteiger partial charge is 0.407 e. The van der Waals surface area contributed by atoms with E-state index in [1.54, 1.807) is 72.8 Å². The van der Waals surface area contributed by atoms with Crippen LogP contribution in [0.5, 0.6) is 5.75 Å². The highest BCUT2D eigenvalue weighted by Gasteiger charge is 2.30. The number of amides is 2. The fourth-order valence-corrected chi connectivity index (χ4v) is 3.22. The third-order valence-electron chi connectivity index (χ3n) is 4.96. The van der Waals surface area contributed by atoms with E-state index >= 15 is 0 Å². The number of hydrogen-bond donors (Lipinski definition) is 2. The molecule has 0 bridgehead atoms. The summed E-state index contributed by atoms with van der Waals surface area (Å²) >= 11 is 0. The van der Waals surface area contributed by atoms with Crippen LogP contribution in [-0.4, -0.2) is 17.4 Å². The van der Waals surface area contributed by atoms with Gasteiger partial charge in [0.2, 0.25) is 0 Å². The zero-order valence-corrected chi connectivity index (χ0v) is 19.6. The molecule has 8 nitrogen and oxygen atoms in total. The summed E-state index contributed by atoms with van der Waals surface area (Å²) < 4.78 is 32.9. The van der Waals surface area contributed by atoms with Gasteiger partial charge < -0.3 is 4.74 Å². The van der Waals surface area contributed by atoms with Gasteiger partial charge in [0.1, 0.15) is 17.4 Å². The van der Waals surface area contributed by atoms with Crippen LogP contribution in [0.2, 0.25) is 0 Å². The van der Waals surface area contributed by atoms with E-state index in [9.17, 15) is 18.4 Å². The van der Waals surface area contributed by atoms with E-state index in [1.807, 2.05) is 19.1 Å². The lowest BCUT2D eigenvalue weighted by Gasteiger charge is -2.33. The summed E-state index contributed by atoms with van der Waals surface area (Å²) in [6, 6.07) is 26.6. The maximum absolute atomic E-state index is 13.9. The third-order valence-corrected chi connectivity index (χ3v) is 4.96. The molecule has 0 aliphatic carbocycles. The summed E-state index contributed by atoms with van der Waals surface area (Å²) in [7, 11) is 0. The molecule has 0 saturated heterocycles. The Balaban J connectivity index is 1.65. The molecule has 2 N–H and O–H groups in total. The van der Waals surface area contributed by atoms with Gasteiger partial charge in [-0.1, -0.05) is 54.1 Å². The summed E-state index contributed by atoms with van der Waals surface area (Å²) in [6.45, 7) is 1.90. The Kier molecular flexibility index (Phi) is 7.79. The number of nitrogens with zero attached hydrogens (tertiary/aromatic N) is 2. The standard InChI is InChI=1S/C27H22F2N4O4/c1-19-12-15-22(16-13-19)32(21-8-4-2-5-9-21)33(27(35)36-23-10-6-3-7-11-23)37-26(34)31-30-25-18-20(28)14-17-24(25)29/h2-18,30H,1H3,(H,31,34). The molecule has 37 heavy (non-hydrogen) atoms. The molecular formula is C27H22F2N4O4. The highest BCUT2D eigenvalue weighted by atomic mass is 19.1. The molecule has 0 atom stereocenters. The molecule has 0 aliphatic heterocycles. The van der Waals surface area contributed by atoms with E-state index in [0.29, 0.717) is 16.5 Å². The van der Waals surface area contributed by atoms with E-state index < -0.39 is 23.8 Å². The fraction of sp³-hybridized carbons (Fsp3) is 0.0370. The van der Waals surface area contributed by atoms with Crippen LogP contribution in [0.25, 0.3) is 0 Å². The van der Waals surface area contributed by atoms with Crippen molar-refractivity contribution in [2.75, 3.05) is 10.4 Å². The molecule has 0 heterocycles. The summed E-state index contributed by atoms with van der Waals surface area (Å²) in [5, 5.41) is 1.94. The minimum absolute atomic E-state index is 0.207. The van der Waals surface area contributed by atoms with Crippen LogP contribution < -0.4 is 20.6 Å². The van der Waals surface area contributed by atoms with Crippen LogP contribution >= 0.6 is 0 Å². The minimum atomic E-state index is -1.21. The van der Waals surface area contributed by atoms with Crippen molar-refractivity contribution in [2.45, 2.75) is 6.92 Å². The SMILES string of the molecule is Cc1ccc(N(c2ccccc2)N(OC(=O)NNc2cc(F)ccc2F)C(=O)Oc2ccccc2)cc1. The van der Waals surface area contributed by atoms with Gasteiger partial charge in [-0.2, -0.15) is 0 Å². The van der Waals surface area contributed by atoms with Crippen LogP contribution in [0.3, 0.4) is 0 Å². The first-order chi connectivity index (χ1) is 17.9. The highest BCUT2D eigenvalue weighted by Crippen LogP contribution is 2.29. The highest BCUT2D eigenvalue weighted by molar-refractivity contribution is 5.79. The van der Waals surface area contributed by atoms with Crippen molar-refractivity contribution in [1.82, 2.24) is 10.6 Å². The third kappa shape index (κ3) is 6.51. The maximum Gasteiger partial charge on any atom is 0.469 e. The lowest BCUT2D eigenvalue weighted by Crippen LogP contribution is -2.49. The van der Waals surface area contributed by atoms with E-state index in [0.717, 1.165) is 23.8 Å². The number of aryl methyl sites for hydroxylation is 1. The van der Waals surface area contributed by atoms with Gasteiger partial charge in [-0.15, -0.1) is 0 Å². The van der Waals surface area contributed by atoms with Crippen LogP contribution in [0.1, 0.15) is 5.56 Å². The number of carbonyl (C=O) groups excluding carboxylic acids is 2. The Morgan fingerprint density at radius 1 is 0.784 bits per heavy atom. The first-order valence-corrected chi connectivity index (χ1v) is 11.1. The number of nitrogens with one attached hydrogen (secondary N) is 2. The Morgan fingerprint density at radius 3 is 2.08 bits per heavy atom. The average Bonchev–Trinajstić information content (AvgIpc) is 2.91. The number of hydroxylamine groups is 1. The van der Waals surface area contributed by atoms with E-state index in [-0.39, 0.29) is 11.4 Å². The quantitative estimate of drug-likeness (QED) is 0.292. The Bertz CT molecular complexity index is 1360. The van der Waals surface area contributed by atoms with E-state index in [1.165, 1.54) is 5.01 Å². The first-order valence-electron chi connectivity index (χ1n) is 11.1. The van der Waals surface area contributed by atoms with Gasteiger partial charge in [0, 0.05) is 6.07 Å². The lowest BCUT2D eigenvalue weighted by atomic mass is 10.2. The fourth-order valence-electron chi connectivity index (χ4n) is 3.22. The van der Waals surface area contributed by atoms with Crippen molar-refractivity contribution >= 4 is 29.2 Å². The molecule has 4 aromatic rings. The van der Waals surface area contributed by atoms with Crippen LogP contribution in [0.4, 0.5) is 35.4 Å². The lowest BCUT2D eigenvalue weighted by molar-refractivity contribution is -0.0721. The zero-order valence-electron chi connectivity index (χ0n) is 19.6. The van der Waals surface area contributed by atoms with Gasteiger partial charge in [-0.05, 0) is 60.6 Å². The summed E-state index contributed by atoms with van der Waals surface area (Å²) in [4.78, 5) is 31.3. The van der Waals surface area contributed by atoms with Gasteiger partial charge in [0.25, 0.3) is 0 Å². The van der Waals surface area contributed by atoms with Crippen LogP contribution in [0.15, 0.2) is 103 Å². The molecule has 2 amide bonds. The monoisotopic (exact) mass is 504 g/mol. The van der Waals surface area contributed by atoms with Gasteiger partial charge in [-0.3, -0.25) is 10.3 Å². The van der Waals surface area contributed by atoms with E-state index in [2.05, 4.69) is 10.9 Å². The van der Waals surface area contributed by atoms with Crippen molar-refractivity contribution in [1.29, 1.82) is 0 Å². The molecule has 10 heteroatoms. The van der Waals surface area contributed by atoms with E-state index in [4.69, 9.17) is 9.57 Å². The second-order valence-electron chi connectivity index (χ2n) is 7.69. The number of hydrogen-bond acceptors (Lipinski definition) is 6. The number of halogens is 2. The molecular weight excluding hydrogens is 482 g/mol. The number of carbonyl (C=O) groups is 2. The summed E-state index contributed by atoms with van der Waals surface area (Å²) in [5.74, 6) is -1.33. The van der Waals surface area contributed by atoms with Crippen molar-refractivity contribution in [3.05, 3.63) is 120 Å². The molecule has 4 aromatic carbocycles. The van der Waals surface area contributed by atoms with Crippen molar-refractivity contribution in [2.24, 2.45) is 0 Å². The largest absolute Gasteiger partial charge is 0.469 e. The number of ether oxygens (including phenoxy) is 1. The molecule has 4 rings (SSSR count). The van der Waals surface area contributed by atoms with Crippen molar-refractivity contribution in [3.8, 4) is 5.75 Å². The Labute approximate surface area is 211 Å². The first kappa shape index (κ1) is 25.0. The minimum Gasteiger partial charge on any atom is -0.407 e. The molecule has 0 aliphatic rings.